The lowest BCUT2D eigenvalue weighted by molar-refractivity contribution is -0.140. The second-order valence-corrected chi connectivity index (χ2v) is 9.31. The van der Waals surface area contributed by atoms with Gasteiger partial charge in [-0.2, -0.15) is 0 Å². The van der Waals surface area contributed by atoms with Gasteiger partial charge in [-0.05, 0) is 55.6 Å². The number of para-hydroxylation sites is 1. The maximum absolute atomic E-state index is 13.3. The minimum absolute atomic E-state index is 0.00227. The highest BCUT2D eigenvalue weighted by Gasteiger charge is 2.47. The summed E-state index contributed by atoms with van der Waals surface area (Å²) >= 11 is 1.49. The highest BCUT2D eigenvalue weighted by Crippen LogP contribution is 2.46. The Kier molecular flexibility index (Phi) is 7.12. The van der Waals surface area contributed by atoms with E-state index in [0.29, 0.717) is 28.4 Å². The molecule has 0 saturated carbocycles. The Hall–Kier alpha value is -3.78. The monoisotopic (exact) mass is 493 g/mol. The van der Waals surface area contributed by atoms with Gasteiger partial charge in [0.05, 0.1) is 38.5 Å². The molecule has 1 N–H and O–H groups in total. The second kappa shape index (κ2) is 10.2. The number of amides is 1. The summed E-state index contributed by atoms with van der Waals surface area (Å²) in [4.78, 5) is 28.9. The molecule has 35 heavy (non-hydrogen) atoms. The fourth-order valence-corrected chi connectivity index (χ4v) is 4.89. The summed E-state index contributed by atoms with van der Waals surface area (Å²) in [6, 6.07) is 15.0. The van der Waals surface area contributed by atoms with Crippen LogP contribution in [-0.4, -0.2) is 42.0 Å². The third-order valence-electron chi connectivity index (χ3n) is 5.67. The molecule has 1 saturated heterocycles. The van der Waals surface area contributed by atoms with E-state index in [0.717, 1.165) is 4.88 Å². The van der Waals surface area contributed by atoms with Crippen molar-refractivity contribution in [1.82, 2.24) is 4.90 Å². The van der Waals surface area contributed by atoms with Crippen molar-refractivity contribution in [3.63, 3.8) is 0 Å². The summed E-state index contributed by atoms with van der Waals surface area (Å²) in [7, 11) is 3.02. The second-order valence-electron chi connectivity index (χ2n) is 8.28. The Morgan fingerprint density at radius 1 is 1.03 bits per heavy atom. The first kappa shape index (κ1) is 24.3. The van der Waals surface area contributed by atoms with Gasteiger partial charge in [0, 0.05) is 16.0 Å². The van der Waals surface area contributed by atoms with E-state index in [9.17, 15) is 14.7 Å². The van der Waals surface area contributed by atoms with Gasteiger partial charge in [0.25, 0.3) is 11.7 Å². The normalized spacial score (nSPS) is 17.2. The van der Waals surface area contributed by atoms with Crippen molar-refractivity contribution in [1.29, 1.82) is 0 Å². The third-order valence-corrected chi connectivity index (χ3v) is 6.53. The summed E-state index contributed by atoms with van der Waals surface area (Å²) < 4.78 is 16.8. The molecule has 7 nitrogen and oxygen atoms in total. The van der Waals surface area contributed by atoms with Crippen LogP contribution >= 0.6 is 11.3 Å². The lowest BCUT2D eigenvalue weighted by atomic mass is 9.94. The fourth-order valence-electron chi connectivity index (χ4n) is 4.18. The van der Waals surface area contributed by atoms with E-state index >= 15 is 0 Å². The van der Waals surface area contributed by atoms with E-state index in [2.05, 4.69) is 0 Å². The maximum Gasteiger partial charge on any atom is 0.295 e. The zero-order chi connectivity index (χ0) is 25.1. The molecule has 1 aromatic heterocycles. The van der Waals surface area contributed by atoms with Crippen molar-refractivity contribution >= 4 is 28.8 Å². The molecule has 0 bridgehead atoms. The summed E-state index contributed by atoms with van der Waals surface area (Å²) in [5.41, 5.74) is 0.946. The van der Waals surface area contributed by atoms with Crippen molar-refractivity contribution < 1.29 is 28.9 Å². The van der Waals surface area contributed by atoms with Crippen molar-refractivity contribution in [2.75, 3.05) is 14.2 Å². The third kappa shape index (κ3) is 4.74. The largest absolute Gasteiger partial charge is 0.507 e. The summed E-state index contributed by atoms with van der Waals surface area (Å²) in [5.74, 6) is -0.207. The molecule has 1 aliphatic rings. The van der Waals surface area contributed by atoms with E-state index < -0.39 is 17.7 Å². The number of hydrogen-bond donors (Lipinski definition) is 1. The van der Waals surface area contributed by atoms with Crippen LogP contribution in [-0.2, 0) is 16.1 Å². The molecule has 1 fully saturated rings. The Bertz CT molecular complexity index is 1250. The van der Waals surface area contributed by atoms with Crippen LogP contribution in [0.4, 0.5) is 0 Å². The van der Waals surface area contributed by atoms with Gasteiger partial charge in [-0.25, -0.2) is 0 Å². The topological polar surface area (TPSA) is 85.3 Å². The van der Waals surface area contributed by atoms with E-state index in [1.54, 1.807) is 42.5 Å². The molecule has 1 unspecified atom stereocenters. The predicted octanol–water partition coefficient (Wildman–Crippen LogP) is 5.17. The predicted molar refractivity (Wildman–Crippen MR) is 134 cm³/mol. The van der Waals surface area contributed by atoms with Gasteiger partial charge in [-0.1, -0.05) is 18.2 Å². The molecule has 2 heterocycles. The van der Waals surface area contributed by atoms with Gasteiger partial charge in [-0.15, -0.1) is 11.3 Å². The van der Waals surface area contributed by atoms with Crippen LogP contribution in [0.5, 0.6) is 17.2 Å². The van der Waals surface area contributed by atoms with Crippen molar-refractivity contribution in [2.45, 2.75) is 32.5 Å². The van der Waals surface area contributed by atoms with Crippen LogP contribution in [0.25, 0.3) is 5.76 Å². The molecule has 0 spiro atoms. The molecule has 182 valence electrons. The van der Waals surface area contributed by atoms with E-state index in [4.69, 9.17) is 14.2 Å². The molecule has 0 aliphatic carbocycles. The Morgan fingerprint density at radius 2 is 1.77 bits per heavy atom. The van der Waals surface area contributed by atoms with E-state index in [-0.39, 0.29) is 24.0 Å². The van der Waals surface area contributed by atoms with Gasteiger partial charge >= 0.3 is 0 Å². The van der Waals surface area contributed by atoms with E-state index in [1.807, 2.05) is 31.4 Å². The Balaban J connectivity index is 1.87. The zero-order valence-corrected chi connectivity index (χ0v) is 20.8. The standard InChI is InChI=1S/C27H27NO6S/c1-16(2)34-18-12-10-17(11-13-18)24(29)22-23(20-8-5-9-21(32-3)26(20)33-4)28(27(31)25(22)30)15-19-7-6-14-35-19/h5-14,16,23,29H,15H2,1-4H3/b24-22+. The average Bonchev–Trinajstić information content (AvgIpc) is 3.45. The highest BCUT2D eigenvalue weighted by molar-refractivity contribution is 7.09. The molecule has 1 atom stereocenters. The van der Waals surface area contributed by atoms with Gasteiger partial charge < -0.3 is 24.2 Å². The van der Waals surface area contributed by atoms with Gasteiger partial charge in [0.1, 0.15) is 11.5 Å². The SMILES string of the molecule is COc1cccc(C2/C(=C(\O)c3ccc(OC(C)C)cc3)C(=O)C(=O)N2Cc2cccs2)c1OC. The molecule has 1 amide bonds. The molecule has 8 heteroatoms. The number of methoxy groups -OCH3 is 2. The number of Topliss-reactive ketones (excluding diaryl/α,β-unsaturated/α-hetero) is 1. The Morgan fingerprint density at radius 3 is 2.37 bits per heavy atom. The number of aliphatic hydroxyl groups excluding tert-OH is 1. The summed E-state index contributed by atoms with van der Waals surface area (Å²) in [5, 5.41) is 13.2. The van der Waals surface area contributed by atoms with Crippen molar-refractivity contribution in [2.24, 2.45) is 0 Å². The molecule has 4 rings (SSSR count). The highest BCUT2D eigenvalue weighted by atomic mass is 32.1. The van der Waals surface area contributed by atoms with Gasteiger partial charge in [-0.3, -0.25) is 9.59 Å². The molecular formula is C27H27NO6S. The summed E-state index contributed by atoms with van der Waals surface area (Å²) in [6.07, 6.45) is -0.00227. The molecule has 0 radical (unpaired) electrons. The average molecular weight is 494 g/mol. The lowest BCUT2D eigenvalue weighted by Gasteiger charge is -2.26. The number of ether oxygens (including phenoxy) is 3. The van der Waals surface area contributed by atoms with Crippen LogP contribution in [0, 0.1) is 0 Å². The van der Waals surface area contributed by atoms with E-state index in [1.165, 1.54) is 30.5 Å². The number of ketones is 1. The number of rotatable bonds is 8. The van der Waals surface area contributed by atoms with Crippen LogP contribution in [0.15, 0.2) is 65.6 Å². The number of hydrogen-bond acceptors (Lipinski definition) is 7. The Labute approximate surface area is 208 Å². The minimum Gasteiger partial charge on any atom is -0.507 e. The fraction of sp³-hybridized carbons (Fsp3) is 0.259. The smallest absolute Gasteiger partial charge is 0.295 e. The first-order valence-corrected chi connectivity index (χ1v) is 12.0. The molecule has 1 aliphatic heterocycles. The first-order chi connectivity index (χ1) is 16.8. The number of carbonyl (C=O) groups excluding carboxylic acids is 2. The number of aliphatic hydroxyl groups is 1. The minimum atomic E-state index is -0.867. The van der Waals surface area contributed by atoms with Gasteiger partial charge in [0.15, 0.2) is 11.5 Å². The van der Waals surface area contributed by atoms with Crippen LogP contribution in [0.3, 0.4) is 0 Å². The number of likely N-dealkylation sites (tertiary alicyclic amines) is 1. The van der Waals surface area contributed by atoms with Crippen molar-refractivity contribution in [3.8, 4) is 17.2 Å². The van der Waals surface area contributed by atoms with Gasteiger partial charge in [0.2, 0.25) is 0 Å². The van der Waals surface area contributed by atoms with Crippen LogP contribution < -0.4 is 14.2 Å². The maximum atomic E-state index is 13.3. The lowest BCUT2D eigenvalue weighted by Crippen LogP contribution is -2.29. The molecule has 3 aromatic rings. The summed E-state index contributed by atoms with van der Waals surface area (Å²) in [6.45, 7) is 4.06. The molecular weight excluding hydrogens is 466 g/mol. The number of benzene rings is 2. The number of carbonyl (C=O) groups is 2. The quantitative estimate of drug-likeness (QED) is 0.265. The molecule has 2 aromatic carbocycles. The van der Waals surface area contributed by atoms with Crippen molar-refractivity contribution in [3.05, 3.63) is 81.6 Å². The van der Waals surface area contributed by atoms with Crippen LogP contribution in [0.1, 0.15) is 35.9 Å². The zero-order valence-electron chi connectivity index (χ0n) is 20.0. The first-order valence-electron chi connectivity index (χ1n) is 11.1. The van der Waals surface area contributed by atoms with Crippen LogP contribution in [0.2, 0.25) is 0 Å². The number of nitrogens with zero attached hydrogens (tertiary/aromatic N) is 1. The number of thiophene rings is 1.